The zero-order valence-electron chi connectivity index (χ0n) is 21.6. The molecule has 5 atom stereocenters. The largest absolute Gasteiger partial charge is 0.463 e. The summed E-state index contributed by atoms with van der Waals surface area (Å²) in [5.74, 6) is -3.81. The number of thioether (sulfide) groups is 1. The second kappa shape index (κ2) is 13.0. The van der Waals surface area contributed by atoms with Crippen molar-refractivity contribution < 1.29 is 52.6 Å². The molecule has 0 bridgehead atoms. The van der Waals surface area contributed by atoms with Crippen LogP contribution in [-0.4, -0.2) is 81.2 Å². The van der Waals surface area contributed by atoms with E-state index in [1.54, 1.807) is 0 Å². The molecule has 0 radical (unpaired) electrons. The summed E-state index contributed by atoms with van der Waals surface area (Å²) in [5.41, 5.74) is 0.329. The van der Waals surface area contributed by atoms with Gasteiger partial charge in [-0.25, -0.2) is 0 Å². The van der Waals surface area contributed by atoms with Gasteiger partial charge in [0.25, 0.3) is 11.6 Å². The van der Waals surface area contributed by atoms with Crippen LogP contribution >= 0.6 is 24.0 Å². The number of non-ortho nitro benzene ring substituents is 1. The van der Waals surface area contributed by atoms with Gasteiger partial charge in [-0.05, 0) is 23.8 Å². The maximum Gasteiger partial charge on any atom is 0.303 e. The molecule has 0 unspecified atom stereocenters. The fraction of sp³-hybridized carbons (Fsp3) is 0.417. The SMILES string of the molecule is CC(=O)OC[C@@H]1O[C@H](N2C(=O)/C(=C\c3ccc([N+](=O)[O-])cc3)SC2=S)[C@H](OC(C)=O)[C@H](OC(C)=O)[C@H]1OC(C)=O. The highest BCUT2D eigenvalue weighted by Crippen LogP contribution is 2.39. The monoisotopic (exact) mass is 596 g/mol. The van der Waals surface area contributed by atoms with Crippen LogP contribution in [0.2, 0.25) is 0 Å². The number of nitro groups is 1. The van der Waals surface area contributed by atoms with E-state index in [1.165, 1.54) is 30.3 Å². The smallest absolute Gasteiger partial charge is 0.303 e. The van der Waals surface area contributed by atoms with E-state index in [-0.39, 0.29) is 14.9 Å². The molecule has 14 nitrogen and oxygen atoms in total. The molecule has 2 fully saturated rings. The van der Waals surface area contributed by atoms with Gasteiger partial charge in [0.2, 0.25) is 0 Å². The van der Waals surface area contributed by atoms with E-state index in [4.69, 9.17) is 35.9 Å². The molecule has 0 saturated carbocycles. The number of carbonyl (C=O) groups is 5. The Morgan fingerprint density at radius 2 is 1.52 bits per heavy atom. The summed E-state index contributed by atoms with van der Waals surface area (Å²) in [6.45, 7) is 3.91. The fourth-order valence-corrected chi connectivity index (χ4v) is 5.27. The maximum atomic E-state index is 13.5. The highest BCUT2D eigenvalue weighted by Gasteiger charge is 2.56. The molecule has 16 heteroatoms. The summed E-state index contributed by atoms with van der Waals surface area (Å²) < 4.78 is 27.2. The van der Waals surface area contributed by atoms with Gasteiger partial charge in [0.15, 0.2) is 28.9 Å². The van der Waals surface area contributed by atoms with Crippen molar-refractivity contribution in [3.63, 3.8) is 0 Å². The molecular weight excluding hydrogens is 572 g/mol. The van der Waals surface area contributed by atoms with E-state index in [1.807, 2.05) is 0 Å². The van der Waals surface area contributed by atoms with E-state index in [0.717, 1.165) is 44.4 Å². The third-order valence-corrected chi connectivity index (χ3v) is 6.78. The molecule has 1 aromatic rings. The number of rotatable bonds is 8. The summed E-state index contributed by atoms with van der Waals surface area (Å²) in [6.07, 6.45) is -5.69. The van der Waals surface area contributed by atoms with Gasteiger partial charge in [-0.1, -0.05) is 24.0 Å². The Kier molecular flexibility index (Phi) is 9.94. The molecule has 2 saturated heterocycles. The molecule has 3 rings (SSSR count). The minimum absolute atomic E-state index is 0.0148. The molecule has 0 aromatic heterocycles. The van der Waals surface area contributed by atoms with Crippen molar-refractivity contribution in [1.82, 2.24) is 4.90 Å². The van der Waals surface area contributed by atoms with Crippen LogP contribution in [0.5, 0.6) is 0 Å². The number of nitro benzene ring substituents is 1. The van der Waals surface area contributed by atoms with Crippen molar-refractivity contribution in [1.29, 1.82) is 0 Å². The Morgan fingerprint density at radius 1 is 0.975 bits per heavy atom. The van der Waals surface area contributed by atoms with E-state index in [2.05, 4.69) is 0 Å². The van der Waals surface area contributed by atoms with Gasteiger partial charge in [0.05, 0.1) is 9.83 Å². The predicted octanol–water partition coefficient (Wildman–Crippen LogP) is 1.88. The molecular formula is C24H24N2O12S2. The Morgan fingerprint density at radius 3 is 2.05 bits per heavy atom. The first kappa shape index (κ1) is 30.6. The Labute approximate surface area is 237 Å². The predicted molar refractivity (Wildman–Crippen MR) is 140 cm³/mol. The van der Waals surface area contributed by atoms with Crippen LogP contribution in [0.25, 0.3) is 6.08 Å². The minimum Gasteiger partial charge on any atom is -0.463 e. The van der Waals surface area contributed by atoms with E-state index < -0.39 is 72.0 Å². The highest BCUT2D eigenvalue weighted by atomic mass is 32.2. The van der Waals surface area contributed by atoms with Crippen LogP contribution in [0.4, 0.5) is 5.69 Å². The van der Waals surface area contributed by atoms with Crippen LogP contribution in [0, 0.1) is 10.1 Å². The molecule has 40 heavy (non-hydrogen) atoms. The van der Waals surface area contributed by atoms with Gasteiger partial charge in [-0.15, -0.1) is 0 Å². The number of hydrogen-bond donors (Lipinski definition) is 0. The van der Waals surface area contributed by atoms with Gasteiger partial charge in [-0.2, -0.15) is 0 Å². The molecule has 1 amide bonds. The number of thiocarbonyl (C=S) groups is 1. The molecule has 0 aliphatic carbocycles. The molecule has 0 N–H and O–H groups in total. The lowest BCUT2D eigenvalue weighted by Crippen LogP contribution is -2.66. The van der Waals surface area contributed by atoms with Crippen LogP contribution in [0.3, 0.4) is 0 Å². The fourth-order valence-electron chi connectivity index (χ4n) is 3.96. The van der Waals surface area contributed by atoms with E-state index >= 15 is 0 Å². The van der Waals surface area contributed by atoms with Crippen LogP contribution in [-0.2, 0) is 47.7 Å². The van der Waals surface area contributed by atoms with Gasteiger partial charge in [-0.3, -0.25) is 39.0 Å². The maximum absolute atomic E-state index is 13.5. The van der Waals surface area contributed by atoms with Gasteiger partial charge in [0, 0.05) is 39.8 Å². The summed E-state index contributed by atoms with van der Waals surface area (Å²) >= 11 is 6.31. The molecule has 1 aromatic carbocycles. The highest BCUT2D eigenvalue weighted by molar-refractivity contribution is 8.26. The van der Waals surface area contributed by atoms with Crippen molar-refractivity contribution in [3.8, 4) is 0 Å². The Hall–Kier alpha value is -3.89. The number of ether oxygens (including phenoxy) is 5. The number of hydrogen-bond acceptors (Lipinski definition) is 14. The number of carbonyl (C=O) groups excluding carboxylic acids is 5. The number of esters is 4. The number of nitrogens with zero attached hydrogens (tertiary/aromatic N) is 2. The lowest BCUT2D eigenvalue weighted by atomic mass is 9.96. The van der Waals surface area contributed by atoms with E-state index in [0.29, 0.717) is 5.56 Å². The van der Waals surface area contributed by atoms with Crippen LogP contribution < -0.4 is 0 Å². The first-order valence-electron chi connectivity index (χ1n) is 11.6. The summed E-state index contributed by atoms with van der Waals surface area (Å²) in [6, 6.07) is 5.43. The molecule has 2 aliphatic rings. The normalized spacial score (nSPS) is 25.4. The first-order valence-corrected chi connectivity index (χ1v) is 12.8. The van der Waals surface area contributed by atoms with Crippen LogP contribution in [0.15, 0.2) is 29.2 Å². The van der Waals surface area contributed by atoms with Gasteiger partial charge in [0.1, 0.15) is 12.7 Å². The summed E-state index contributed by atoms with van der Waals surface area (Å²) in [4.78, 5) is 72.6. The second-order valence-corrected chi connectivity index (χ2v) is 10.2. The Balaban J connectivity index is 2.03. The van der Waals surface area contributed by atoms with Crippen molar-refractivity contribution >= 4 is 69.8 Å². The average Bonchev–Trinajstić information content (AvgIpc) is 3.12. The standard InChI is InChI=1S/C24H24N2O12S2/c1-11(27)34-10-17-19(35-12(2)28)20(36-13(3)29)21(37-14(4)30)23(38-17)25-22(31)18(40-24(25)39)9-15-5-7-16(8-6-15)26(32)33/h5-9,17,19-21,23H,10H2,1-4H3/b18-9+/t17-,19-,20+,21+,23-/m0/s1. The van der Waals surface area contributed by atoms with Crippen molar-refractivity contribution in [2.45, 2.75) is 58.3 Å². The summed E-state index contributed by atoms with van der Waals surface area (Å²) in [7, 11) is 0. The summed E-state index contributed by atoms with van der Waals surface area (Å²) in [5, 5.41) is 10.9. The quantitative estimate of drug-likeness (QED) is 0.106. The molecule has 2 aliphatic heterocycles. The zero-order chi connectivity index (χ0) is 29.7. The number of amides is 1. The van der Waals surface area contributed by atoms with Crippen molar-refractivity contribution in [3.05, 3.63) is 44.8 Å². The Bertz CT molecular complexity index is 1260. The topological polar surface area (TPSA) is 178 Å². The van der Waals surface area contributed by atoms with Crippen molar-refractivity contribution in [2.24, 2.45) is 0 Å². The molecule has 2 heterocycles. The number of benzene rings is 1. The van der Waals surface area contributed by atoms with Crippen molar-refractivity contribution in [2.75, 3.05) is 6.61 Å². The van der Waals surface area contributed by atoms with Gasteiger partial charge >= 0.3 is 23.9 Å². The van der Waals surface area contributed by atoms with Crippen LogP contribution in [0.1, 0.15) is 33.3 Å². The zero-order valence-corrected chi connectivity index (χ0v) is 23.2. The third-order valence-electron chi connectivity index (χ3n) is 5.45. The van der Waals surface area contributed by atoms with Gasteiger partial charge < -0.3 is 23.7 Å². The molecule has 214 valence electrons. The molecule has 0 spiro atoms. The lowest BCUT2D eigenvalue weighted by Gasteiger charge is -2.46. The first-order chi connectivity index (χ1) is 18.8. The minimum atomic E-state index is -1.51. The lowest BCUT2D eigenvalue weighted by molar-refractivity contribution is -0.384. The van der Waals surface area contributed by atoms with E-state index in [9.17, 15) is 34.1 Å². The average molecular weight is 597 g/mol. The third kappa shape index (κ3) is 7.40. The second-order valence-electron chi connectivity index (χ2n) is 8.49.